The van der Waals surface area contributed by atoms with Crippen LogP contribution in [-0.2, 0) is 11.3 Å². The van der Waals surface area contributed by atoms with Gasteiger partial charge in [0.2, 0.25) is 0 Å². The molecule has 1 unspecified atom stereocenters. The van der Waals surface area contributed by atoms with Crippen LogP contribution in [0.1, 0.15) is 47.6 Å². The Labute approximate surface area is 171 Å². The number of halogens is 1. The van der Waals surface area contributed by atoms with Crippen molar-refractivity contribution in [1.29, 1.82) is 0 Å². The molecule has 2 heterocycles. The summed E-state index contributed by atoms with van der Waals surface area (Å²) >= 11 is 0. The molecule has 0 bridgehead atoms. The van der Waals surface area contributed by atoms with Gasteiger partial charge in [-0.05, 0) is 56.2 Å². The fraction of sp³-hybridized carbons (Fsp3) is 0.522. The molecule has 29 heavy (non-hydrogen) atoms. The molecule has 1 aromatic carbocycles. The summed E-state index contributed by atoms with van der Waals surface area (Å²) < 4.78 is 25.0. The second-order valence-corrected chi connectivity index (χ2v) is 8.14. The third-order valence-electron chi connectivity index (χ3n) is 5.92. The number of carbonyl (C=O) groups excluding carboxylic acids is 1. The van der Waals surface area contributed by atoms with Crippen LogP contribution in [0.25, 0.3) is 0 Å². The van der Waals surface area contributed by atoms with Crippen LogP contribution < -0.4 is 0 Å². The fourth-order valence-corrected chi connectivity index (χ4v) is 4.42. The number of amides is 1. The molecule has 2 aromatic rings. The van der Waals surface area contributed by atoms with Crippen molar-refractivity contribution < 1.29 is 18.3 Å². The maximum absolute atomic E-state index is 13.3. The predicted molar refractivity (Wildman–Crippen MR) is 108 cm³/mol. The standard InChI is InChI=1S/C23H29FN2O3/c1-17-6-11-21(29-17)14-25-12-13-28-22(15-25)16-26(20-4-2-3-5-20)23(27)18-7-9-19(24)10-8-18/h6-11,20,22H,2-5,12-16H2,1H3. The van der Waals surface area contributed by atoms with Gasteiger partial charge in [0.05, 0.1) is 19.3 Å². The van der Waals surface area contributed by atoms with Crippen LogP contribution in [0.15, 0.2) is 40.8 Å². The molecule has 1 aliphatic carbocycles. The van der Waals surface area contributed by atoms with Crippen molar-refractivity contribution in [2.45, 2.75) is 51.3 Å². The highest BCUT2D eigenvalue weighted by molar-refractivity contribution is 5.94. The third-order valence-corrected chi connectivity index (χ3v) is 5.92. The summed E-state index contributed by atoms with van der Waals surface area (Å²) in [5.41, 5.74) is 0.539. The molecule has 5 nitrogen and oxygen atoms in total. The Kier molecular flexibility index (Phi) is 6.31. The number of hydrogen-bond donors (Lipinski definition) is 0. The number of carbonyl (C=O) groups is 1. The van der Waals surface area contributed by atoms with E-state index in [9.17, 15) is 9.18 Å². The molecule has 1 aliphatic heterocycles. The van der Waals surface area contributed by atoms with Gasteiger partial charge in [0.1, 0.15) is 17.3 Å². The van der Waals surface area contributed by atoms with Gasteiger partial charge in [0.25, 0.3) is 5.91 Å². The highest BCUT2D eigenvalue weighted by atomic mass is 19.1. The van der Waals surface area contributed by atoms with Gasteiger partial charge in [0.15, 0.2) is 0 Å². The number of ether oxygens (including phenoxy) is 1. The molecule has 1 saturated carbocycles. The minimum atomic E-state index is -0.326. The zero-order valence-corrected chi connectivity index (χ0v) is 17.0. The van der Waals surface area contributed by atoms with Gasteiger partial charge in [-0.1, -0.05) is 12.8 Å². The number of nitrogens with zero attached hydrogens (tertiary/aromatic N) is 2. The molecule has 4 rings (SSSR count). The summed E-state index contributed by atoms with van der Waals surface area (Å²) in [7, 11) is 0. The van der Waals surface area contributed by atoms with Gasteiger partial charge < -0.3 is 14.1 Å². The average Bonchev–Trinajstić information content (AvgIpc) is 3.38. The smallest absolute Gasteiger partial charge is 0.254 e. The lowest BCUT2D eigenvalue weighted by Gasteiger charge is -2.37. The van der Waals surface area contributed by atoms with Crippen molar-refractivity contribution in [1.82, 2.24) is 9.80 Å². The van der Waals surface area contributed by atoms with E-state index in [0.29, 0.717) is 18.7 Å². The van der Waals surface area contributed by atoms with Gasteiger partial charge in [-0.15, -0.1) is 0 Å². The zero-order chi connectivity index (χ0) is 20.2. The number of rotatable bonds is 6. The van der Waals surface area contributed by atoms with Crippen LogP contribution in [-0.4, -0.2) is 54.1 Å². The van der Waals surface area contributed by atoms with Gasteiger partial charge in [-0.25, -0.2) is 4.39 Å². The van der Waals surface area contributed by atoms with E-state index in [-0.39, 0.29) is 23.9 Å². The number of hydrogen-bond acceptors (Lipinski definition) is 4. The van der Waals surface area contributed by atoms with Gasteiger partial charge in [-0.2, -0.15) is 0 Å². The van der Waals surface area contributed by atoms with Crippen molar-refractivity contribution in [3.05, 3.63) is 59.3 Å². The zero-order valence-electron chi connectivity index (χ0n) is 17.0. The lowest BCUT2D eigenvalue weighted by Crippen LogP contribution is -2.50. The van der Waals surface area contributed by atoms with E-state index in [0.717, 1.165) is 56.8 Å². The quantitative estimate of drug-likeness (QED) is 0.735. The fourth-order valence-electron chi connectivity index (χ4n) is 4.42. The van der Waals surface area contributed by atoms with Crippen molar-refractivity contribution in [3.8, 4) is 0 Å². The average molecular weight is 400 g/mol. The Balaban J connectivity index is 1.43. The number of benzene rings is 1. The van der Waals surface area contributed by atoms with E-state index in [4.69, 9.17) is 9.15 Å². The van der Waals surface area contributed by atoms with E-state index in [1.165, 1.54) is 12.1 Å². The molecule has 0 N–H and O–H groups in total. The molecule has 1 atom stereocenters. The Morgan fingerprint density at radius 1 is 1.17 bits per heavy atom. The van der Waals surface area contributed by atoms with Crippen LogP contribution in [0.3, 0.4) is 0 Å². The van der Waals surface area contributed by atoms with Crippen LogP contribution in [0.4, 0.5) is 4.39 Å². The first kappa shape index (κ1) is 20.1. The molecule has 156 valence electrons. The number of furan rings is 1. The third kappa shape index (κ3) is 5.06. The highest BCUT2D eigenvalue weighted by Gasteiger charge is 2.31. The van der Waals surface area contributed by atoms with Gasteiger partial charge >= 0.3 is 0 Å². The lowest BCUT2D eigenvalue weighted by atomic mass is 10.1. The van der Waals surface area contributed by atoms with Crippen molar-refractivity contribution >= 4 is 5.91 Å². The van der Waals surface area contributed by atoms with Crippen LogP contribution in [0, 0.1) is 12.7 Å². The van der Waals surface area contributed by atoms with Crippen LogP contribution >= 0.6 is 0 Å². The molecule has 0 spiro atoms. The minimum absolute atomic E-state index is 0.0284. The topological polar surface area (TPSA) is 45.9 Å². The van der Waals surface area contributed by atoms with Crippen LogP contribution in [0.5, 0.6) is 0 Å². The molecular weight excluding hydrogens is 371 g/mol. The summed E-state index contributed by atoms with van der Waals surface area (Å²) in [5.74, 6) is 1.52. The second-order valence-electron chi connectivity index (χ2n) is 8.14. The van der Waals surface area contributed by atoms with Crippen molar-refractivity contribution in [3.63, 3.8) is 0 Å². The first-order valence-corrected chi connectivity index (χ1v) is 10.5. The Morgan fingerprint density at radius 3 is 2.62 bits per heavy atom. The first-order chi connectivity index (χ1) is 14.1. The summed E-state index contributed by atoms with van der Waals surface area (Å²) in [6, 6.07) is 10.1. The molecule has 2 aliphatic rings. The maximum Gasteiger partial charge on any atom is 0.254 e. The van der Waals surface area contributed by atoms with E-state index < -0.39 is 0 Å². The number of aryl methyl sites for hydroxylation is 1. The minimum Gasteiger partial charge on any atom is -0.465 e. The van der Waals surface area contributed by atoms with Crippen molar-refractivity contribution in [2.75, 3.05) is 26.2 Å². The number of morpholine rings is 1. The summed E-state index contributed by atoms with van der Waals surface area (Å²) in [6.07, 6.45) is 4.30. The van der Waals surface area contributed by atoms with E-state index in [2.05, 4.69) is 4.90 Å². The van der Waals surface area contributed by atoms with E-state index in [1.807, 2.05) is 24.0 Å². The lowest BCUT2D eigenvalue weighted by molar-refractivity contribution is -0.0482. The Hall–Kier alpha value is -2.18. The molecule has 1 saturated heterocycles. The predicted octanol–water partition coefficient (Wildman–Crippen LogP) is 4.01. The molecule has 6 heteroatoms. The Morgan fingerprint density at radius 2 is 1.93 bits per heavy atom. The van der Waals surface area contributed by atoms with E-state index in [1.54, 1.807) is 12.1 Å². The summed E-state index contributed by atoms with van der Waals surface area (Å²) in [6.45, 7) is 5.53. The molecule has 0 radical (unpaired) electrons. The summed E-state index contributed by atoms with van der Waals surface area (Å²) in [4.78, 5) is 17.5. The van der Waals surface area contributed by atoms with E-state index >= 15 is 0 Å². The molecule has 2 fully saturated rings. The SMILES string of the molecule is Cc1ccc(CN2CCOC(CN(C(=O)c3ccc(F)cc3)C3CCCC3)C2)o1. The van der Waals surface area contributed by atoms with Gasteiger partial charge in [-0.3, -0.25) is 9.69 Å². The maximum atomic E-state index is 13.3. The highest BCUT2D eigenvalue weighted by Crippen LogP contribution is 2.26. The molecule has 1 aromatic heterocycles. The summed E-state index contributed by atoms with van der Waals surface area (Å²) in [5, 5.41) is 0. The normalized spacial score (nSPS) is 20.8. The van der Waals surface area contributed by atoms with Crippen LogP contribution in [0.2, 0.25) is 0 Å². The second kappa shape index (κ2) is 9.09. The first-order valence-electron chi connectivity index (χ1n) is 10.5. The molecule has 1 amide bonds. The largest absolute Gasteiger partial charge is 0.465 e. The Bertz CT molecular complexity index is 814. The van der Waals surface area contributed by atoms with Crippen molar-refractivity contribution in [2.24, 2.45) is 0 Å². The monoisotopic (exact) mass is 400 g/mol. The molecular formula is C23H29FN2O3. The van der Waals surface area contributed by atoms with Gasteiger partial charge in [0, 0.05) is 31.2 Å².